The number of benzene rings is 1. The standard InChI is InChI=1S/C15H18FNO6/c1-20-13(18)8-12(14(19)21-2)17-11-6-5-9(16)7-10(11)15(22-3)23-4/h5-8,15,17H,1-4H3/b12-8+. The van der Waals surface area contributed by atoms with Crippen LogP contribution in [0.25, 0.3) is 0 Å². The molecule has 8 heteroatoms. The lowest BCUT2D eigenvalue weighted by molar-refractivity contribution is -0.138. The first kappa shape index (κ1) is 18.6. The van der Waals surface area contributed by atoms with Crippen molar-refractivity contribution in [2.45, 2.75) is 6.29 Å². The minimum absolute atomic E-state index is 0.182. The third-order valence-electron chi connectivity index (χ3n) is 2.83. The average molecular weight is 327 g/mol. The number of carbonyl (C=O) groups excluding carboxylic acids is 2. The van der Waals surface area contributed by atoms with Crippen LogP contribution in [0.2, 0.25) is 0 Å². The predicted octanol–water partition coefficient (Wildman–Crippen LogP) is 1.76. The van der Waals surface area contributed by atoms with Crippen LogP contribution in [0.3, 0.4) is 0 Å². The Balaban J connectivity index is 3.25. The number of nitrogens with one attached hydrogen (secondary N) is 1. The van der Waals surface area contributed by atoms with Crippen molar-refractivity contribution >= 4 is 17.6 Å². The molecular formula is C15H18FNO6. The summed E-state index contributed by atoms with van der Waals surface area (Å²) in [5.74, 6) is -2.06. The molecule has 0 unspecified atom stereocenters. The summed E-state index contributed by atoms with van der Waals surface area (Å²) in [5, 5.41) is 2.70. The van der Waals surface area contributed by atoms with E-state index in [-0.39, 0.29) is 5.70 Å². The Morgan fingerprint density at radius 1 is 1.13 bits per heavy atom. The molecule has 0 aromatic heterocycles. The van der Waals surface area contributed by atoms with Gasteiger partial charge < -0.3 is 24.3 Å². The molecule has 0 radical (unpaired) electrons. The molecule has 1 aromatic carbocycles. The van der Waals surface area contributed by atoms with Crippen molar-refractivity contribution in [1.29, 1.82) is 0 Å². The van der Waals surface area contributed by atoms with E-state index in [4.69, 9.17) is 9.47 Å². The summed E-state index contributed by atoms with van der Waals surface area (Å²) >= 11 is 0. The number of carbonyl (C=O) groups is 2. The fourth-order valence-corrected chi connectivity index (χ4v) is 1.77. The van der Waals surface area contributed by atoms with Gasteiger partial charge in [-0.2, -0.15) is 0 Å². The normalized spacial score (nSPS) is 11.3. The molecule has 1 rings (SSSR count). The third-order valence-corrected chi connectivity index (χ3v) is 2.83. The summed E-state index contributed by atoms with van der Waals surface area (Å²) in [6.45, 7) is 0. The van der Waals surface area contributed by atoms with Crippen LogP contribution in [-0.4, -0.2) is 40.4 Å². The summed E-state index contributed by atoms with van der Waals surface area (Å²) in [6, 6.07) is 3.75. The zero-order valence-corrected chi connectivity index (χ0v) is 13.2. The van der Waals surface area contributed by atoms with Crippen molar-refractivity contribution in [2.75, 3.05) is 33.8 Å². The molecule has 0 amide bonds. The fourth-order valence-electron chi connectivity index (χ4n) is 1.77. The molecule has 7 nitrogen and oxygen atoms in total. The Labute approximate surface area is 133 Å². The lowest BCUT2D eigenvalue weighted by atomic mass is 10.1. The Morgan fingerprint density at radius 2 is 1.78 bits per heavy atom. The monoisotopic (exact) mass is 327 g/mol. The largest absolute Gasteiger partial charge is 0.466 e. The highest BCUT2D eigenvalue weighted by molar-refractivity contribution is 5.98. The van der Waals surface area contributed by atoms with Gasteiger partial charge in [0, 0.05) is 25.5 Å². The second-order valence-corrected chi connectivity index (χ2v) is 4.23. The van der Waals surface area contributed by atoms with Crippen molar-refractivity contribution in [3.05, 3.63) is 41.4 Å². The van der Waals surface area contributed by atoms with Gasteiger partial charge in [-0.3, -0.25) is 0 Å². The minimum Gasteiger partial charge on any atom is -0.466 e. The molecular weight excluding hydrogens is 309 g/mol. The van der Waals surface area contributed by atoms with Crippen LogP contribution in [0.5, 0.6) is 0 Å². The highest BCUT2D eigenvalue weighted by Gasteiger charge is 2.19. The Hall–Kier alpha value is -2.45. The van der Waals surface area contributed by atoms with Gasteiger partial charge in [-0.1, -0.05) is 0 Å². The van der Waals surface area contributed by atoms with Crippen LogP contribution in [0.4, 0.5) is 10.1 Å². The number of methoxy groups -OCH3 is 4. The first-order valence-corrected chi connectivity index (χ1v) is 6.46. The Kier molecular flexibility index (Phi) is 7.17. The molecule has 126 valence electrons. The van der Waals surface area contributed by atoms with Crippen LogP contribution in [-0.2, 0) is 28.5 Å². The molecule has 0 spiro atoms. The molecule has 0 aliphatic carbocycles. The van der Waals surface area contributed by atoms with E-state index >= 15 is 0 Å². The molecule has 1 N–H and O–H groups in total. The number of anilines is 1. The van der Waals surface area contributed by atoms with E-state index in [0.717, 1.165) is 13.2 Å². The average Bonchev–Trinajstić information content (AvgIpc) is 2.56. The maximum atomic E-state index is 13.5. The second-order valence-electron chi connectivity index (χ2n) is 4.23. The molecule has 0 fully saturated rings. The Bertz CT molecular complexity index is 598. The molecule has 0 atom stereocenters. The number of hydrogen-bond donors (Lipinski definition) is 1. The van der Waals surface area contributed by atoms with Crippen LogP contribution in [0.1, 0.15) is 11.9 Å². The van der Waals surface area contributed by atoms with E-state index in [1.807, 2.05) is 0 Å². The van der Waals surface area contributed by atoms with Crippen molar-refractivity contribution < 1.29 is 32.9 Å². The van der Waals surface area contributed by atoms with E-state index in [0.29, 0.717) is 11.3 Å². The van der Waals surface area contributed by atoms with E-state index in [1.54, 1.807) is 0 Å². The van der Waals surface area contributed by atoms with Crippen molar-refractivity contribution in [2.24, 2.45) is 0 Å². The third kappa shape index (κ3) is 5.04. The first-order valence-electron chi connectivity index (χ1n) is 6.46. The van der Waals surface area contributed by atoms with Crippen LogP contribution in [0, 0.1) is 5.82 Å². The second kappa shape index (κ2) is 8.86. The van der Waals surface area contributed by atoms with Gasteiger partial charge in [0.2, 0.25) is 0 Å². The van der Waals surface area contributed by atoms with E-state index in [9.17, 15) is 14.0 Å². The number of rotatable bonds is 7. The topological polar surface area (TPSA) is 83.1 Å². The summed E-state index contributed by atoms with van der Waals surface area (Å²) in [4.78, 5) is 23.1. The van der Waals surface area contributed by atoms with Gasteiger partial charge in [0.05, 0.1) is 20.3 Å². The zero-order chi connectivity index (χ0) is 17.4. The van der Waals surface area contributed by atoms with Crippen LogP contribution >= 0.6 is 0 Å². The lowest BCUT2D eigenvalue weighted by Crippen LogP contribution is -2.17. The van der Waals surface area contributed by atoms with Crippen molar-refractivity contribution in [3.63, 3.8) is 0 Å². The van der Waals surface area contributed by atoms with Crippen LogP contribution in [0.15, 0.2) is 30.0 Å². The van der Waals surface area contributed by atoms with E-state index in [2.05, 4.69) is 14.8 Å². The summed E-state index contributed by atoms with van der Waals surface area (Å²) in [7, 11) is 5.10. The molecule has 0 aliphatic heterocycles. The maximum absolute atomic E-state index is 13.5. The maximum Gasteiger partial charge on any atom is 0.354 e. The molecule has 0 saturated carbocycles. The van der Waals surface area contributed by atoms with Gasteiger partial charge in [0.1, 0.15) is 11.5 Å². The zero-order valence-electron chi connectivity index (χ0n) is 13.2. The smallest absolute Gasteiger partial charge is 0.354 e. The lowest BCUT2D eigenvalue weighted by Gasteiger charge is -2.19. The summed E-state index contributed by atoms with van der Waals surface area (Å²) < 4.78 is 32.8. The summed E-state index contributed by atoms with van der Waals surface area (Å²) in [5.41, 5.74) is 0.425. The molecule has 23 heavy (non-hydrogen) atoms. The van der Waals surface area contributed by atoms with Gasteiger partial charge in [-0.15, -0.1) is 0 Å². The fraction of sp³-hybridized carbons (Fsp3) is 0.333. The number of hydrogen-bond acceptors (Lipinski definition) is 7. The SMILES string of the molecule is COC(=O)/C=C(/Nc1ccc(F)cc1C(OC)OC)C(=O)OC. The van der Waals surface area contributed by atoms with Gasteiger partial charge in [0.25, 0.3) is 0 Å². The van der Waals surface area contributed by atoms with Crippen LogP contribution < -0.4 is 5.32 Å². The van der Waals surface area contributed by atoms with Gasteiger partial charge in [-0.25, -0.2) is 14.0 Å². The first-order chi connectivity index (χ1) is 11.0. The summed E-state index contributed by atoms with van der Waals surface area (Å²) in [6.07, 6.45) is 0.0540. The highest BCUT2D eigenvalue weighted by Crippen LogP contribution is 2.28. The van der Waals surface area contributed by atoms with E-state index in [1.165, 1.54) is 39.5 Å². The van der Waals surface area contributed by atoms with Crippen molar-refractivity contribution in [3.8, 4) is 0 Å². The highest BCUT2D eigenvalue weighted by atomic mass is 19.1. The van der Waals surface area contributed by atoms with Gasteiger partial charge in [0.15, 0.2) is 6.29 Å². The molecule has 0 aliphatic rings. The quantitative estimate of drug-likeness (QED) is 0.464. The number of esters is 2. The molecule has 0 bridgehead atoms. The predicted molar refractivity (Wildman–Crippen MR) is 78.9 cm³/mol. The minimum atomic E-state index is -0.870. The van der Waals surface area contributed by atoms with E-state index < -0.39 is 24.0 Å². The number of ether oxygens (including phenoxy) is 4. The number of halogens is 1. The molecule has 0 saturated heterocycles. The molecule has 0 heterocycles. The Morgan fingerprint density at radius 3 is 2.30 bits per heavy atom. The molecule has 1 aromatic rings. The van der Waals surface area contributed by atoms with Gasteiger partial charge in [-0.05, 0) is 18.2 Å². The van der Waals surface area contributed by atoms with Crippen molar-refractivity contribution in [1.82, 2.24) is 0 Å². The van der Waals surface area contributed by atoms with Gasteiger partial charge >= 0.3 is 11.9 Å².